The van der Waals surface area contributed by atoms with Gasteiger partial charge in [-0.05, 0) is 68.7 Å². The zero-order valence-electron chi connectivity index (χ0n) is 12.1. The van der Waals surface area contributed by atoms with Crippen LogP contribution in [0.3, 0.4) is 0 Å². The summed E-state index contributed by atoms with van der Waals surface area (Å²) < 4.78 is 0. The maximum Gasteiger partial charge on any atom is 0.0406 e. The van der Waals surface area contributed by atoms with Gasteiger partial charge in [0.05, 0.1) is 0 Å². The maximum absolute atomic E-state index is 5.94. The zero-order valence-corrected chi connectivity index (χ0v) is 12.9. The molecule has 3 rings (SSSR count). The number of halogens is 1. The van der Waals surface area contributed by atoms with Gasteiger partial charge in [-0.1, -0.05) is 23.7 Å². The van der Waals surface area contributed by atoms with Crippen molar-refractivity contribution in [3.05, 3.63) is 34.9 Å². The van der Waals surface area contributed by atoms with E-state index in [1.807, 2.05) is 12.1 Å². The average Bonchev–Trinajstić information content (AvgIpc) is 2.68. The summed E-state index contributed by atoms with van der Waals surface area (Å²) in [5.41, 5.74) is 7.13. The first-order valence-corrected chi connectivity index (χ1v) is 8.34. The molecule has 2 bridgehead atoms. The Morgan fingerprint density at radius 2 is 1.75 bits per heavy atom. The van der Waals surface area contributed by atoms with Crippen molar-refractivity contribution in [1.29, 1.82) is 0 Å². The Kier molecular flexibility index (Phi) is 4.65. The van der Waals surface area contributed by atoms with Crippen molar-refractivity contribution in [3.63, 3.8) is 0 Å². The molecule has 3 heteroatoms. The van der Waals surface area contributed by atoms with Gasteiger partial charge < -0.3 is 5.73 Å². The minimum Gasteiger partial charge on any atom is -0.330 e. The van der Waals surface area contributed by atoms with Crippen molar-refractivity contribution in [2.75, 3.05) is 13.1 Å². The van der Waals surface area contributed by atoms with Crippen LogP contribution in [-0.4, -0.2) is 30.1 Å². The molecule has 2 atom stereocenters. The van der Waals surface area contributed by atoms with E-state index in [-0.39, 0.29) is 0 Å². The predicted molar refractivity (Wildman–Crippen MR) is 85.1 cm³/mol. The third kappa shape index (κ3) is 3.19. The van der Waals surface area contributed by atoms with Gasteiger partial charge in [-0.25, -0.2) is 0 Å². The monoisotopic (exact) mass is 292 g/mol. The number of hydrogen-bond acceptors (Lipinski definition) is 2. The van der Waals surface area contributed by atoms with E-state index in [1.165, 1.54) is 44.2 Å². The first-order valence-electron chi connectivity index (χ1n) is 7.96. The molecule has 2 unspecified atom stereocenters. The smallest absolute Gasteiger partial charge is 0.0406 e. The highest BCUT2D eigenvalue weighted by Gasteiger charge is 2.39. The molecule has 2 aliphatic heterocycles. The molecule has 20 heavy (non-hydrogen) atoms. The van der Waals surface area contributed by atoms with Gasteiger partial charge in [0.15, 0.2) is 0 Å². The van der Waals surface area contributed by atoms with Crippen LogP contribution in [0.1, 0.15) is 37.7 Å². The van der Waals surface area contributed by atoms with E-state index in [1.54, 1.807) is 0 Å². The molecule has 2 fully saturated rings. The van der Waals surface area contributed by atoms with Gasteiger partial charge in [0, 0.05) is 23.7 Å². The lowest BCUT2D eigenvalue weighted by molar-refractivity contribution is 0.102. The molecule has 0 aromatic heterocycles. The van der Waals surface area contributed by atoms with E-state index < -0.39 is 0 Å². The SMILES string of the molecule is NCCC1CC2CCC(C1)N2CCc1ccc(Cl)cc1. The standard InChI is InChI=1S/C17H25ClN2/c18-15-3-1-13(2-4-15)8-10-20-16-5-6-17(20)12-14(11-16)7-9-19/h1-4,14,16-17H,5-12,19H2. The molecule has 1 aromatic carbocycles. The zero-order chi connectivity index (χ0) is 13.9. The Balaban J connectivity index is 1.55. The van der Waals surface area contributed by atoms with E-state index in [2.05, 4.69) is 17.0 Å². The summed E-state index contributed by atoms with van der Waals surface area (Å²) >= 11 is 5.94. The Labute approximate surface area is 127 Å². The molecule has 2 N–H and O–H groups in total. The number of fused-ring (bicyclic) bond motifs is 2. The third-order valence-electron chi connectivity index (χ3n) is 5.13. The summed E-state index contributed by atoms with van der Waals surface area (Å²) in [6.07, 6.45) is 7.89. The van der Waals surface area contributed by atoms with E-state index in [4.69, 9.17) is 17.3 Å². The fraction of sp³-hybridized carbons (Fsp3) is 0.647. The van der Waals surface area contributed by atoms with E-state index in [9.17, 15) is 0 Å². The molecule has 2 aliphatic rings. The van der Waals surface area contributed by atoms with Crippen LogP contribution in [0.4, 0.5) is 0 Å². The summed E-state index contributed by atoms with van der Waals surface area (Å²) in [6.45, 7) is 2.06. The van der Waals surface area contributed by atoms with Gasteiger partial charge in [-0.3, -0.25) is 4.90 Å². The van der Waals surface area contributed by atoms with Crippen LogP contribution in [-0.2, 0) is 6.42 Å². The summed E-state index contributed by atoms with van der Waals surface area (Å²) in [7, 11) is 0. The van der Waals surface area contributed by atoms with Gasteiger partial charge in [0.25, 0.3) is 0 Å². The lowest BCUT2D eigenvalue weighted by atomic mass is 9.88. The molecule has 2 heterocycles. The van der Waals surface area contributed by atoms with Crippen molar-refractivity contribution in [3.8, 4) is 0 Å². The Hall–Kier alpha value is -0.570. The molecular formula is C17H25ClN2. The summed E-state index contributed by atoms with van der Waals surface area (Å²) in [6, 6.07) is 9.95. The van der Waals surface area contributed by atoms with Gasteiger partial charge in [0.2, 0.25) is 0 Å². The molecule has 0 aliphatic carbocycles. The number of rotatable bonds is 5. The highest BCUT2D eigenvalue weighted by molar-refractivity contribution is 6.30. The molecular weight excluding hydrogens is 268 g/mol. The Morgan fingerprint density at radius 3 is 2.35 bits per heavy atom. The lowest BCUT2D eigenvalue weighted by Crippen LogP contribution is -2.44. The lowest BCUT2D eigenvalue weighted by Gasteiger charge is -2.39. The molecule has 0 radical (unpaired) electrons. The van der Waals surface area contributed by atoms with Gasteiger partial charge in [0.1, 0.15) is 0 Å². The van der Waals surface area contributed by atoms with Crippen LogP contribution < -0.4 is 5.73 Å². The molecule has 2 saturated heterocycles. The van der Waals surface area contributed by atoms with Gasteiger partial charge >= 0.3 is 0 Å². The number of nitrogens with two attached hydrogens (primary N) is 1. The maximum atomic E-state index is 5.94. The van der Waals surface area contributed by atoms with Crippen LogP contribution >= 0.6 is 11.6 Å². The van der Waals surface area contributed by atoms with Crippen LogP contribution in [0.2, 0.25) is 5.02 Å². The summed E-state index contributed by atoms with van der Waals surface area (Å²) in [4.78, 5) is 2.77. The number of piperidine rings is 1. The molecule has 0 amide bonds. The third-order valence-corrected chi connectivity index (χ3v) is 5.38. The number of benzene rings is 1. The minimum atomic E-state index is 0.817. The van der Waals surface area contributed by atoms with Crippen LogP contribution in [0.25, 0.3) is 0 Å². The van der Waals surface area contributed by atoms with E-state index in [0.29, 0.717) is 0 Å². The van der Waals surface area contributed by atoms with Crippen molar-refractivity contribution in [1.82, 2.24) is 4.90 Å². The molecule has 0 saturated carbocycles. The number of hydrogen-bond donors (Lipinski definition) is 1. The Bertz CT molecular complexity index is 417. The second-order valence-electron chi connectivity index (χ2n) is 6.41. The Morgan fingerprint density at radius 1 is 1.10 bits per heavy atom. The molecule has 2 nitrogen and oxygen atoms in total. The fourth-order valence-corrected chi connectivity index (χ4v) is 4.26. The van der Waals surface area contributed by atoms with Crippen LogP contribution in [0.5, 0.6) is 0 Å². The predicted octanol–water partition coefficient (Wildman–Crippen LogP) is 3.47. The van der Waals surface area contributed by atoms with Crippen LogP contribution in [0.15, 0.2) is 24.3 Å². The molecule has 1 aromatic rings. The quantitative estimate of drug-likeness (QED) is 0.900. The van der Waals surface area contributed by atoms with Gasteiger partial charge in [-0.15, -0.1) is 0 Å². The van der Waals surface area contributed by atoms with Crippen LogP contribution in [0, 0.1) is 5.92 Å². The minimum absolute atomic E-state index is 0.817. The second-order valence-corrected chi connectivity index (χ2v) is 6.85. The van der Waals surface area contributed by atoms with E-state index >= 15 is 0 Å². The van der Waals surface area contributed by atoms with Gasteiger partial charge in [-0.2, -0.15) is 0 Å². The first-order chi connectivity index (χ1) is 9.76. The first kappa shape index (κ1) is 14.4. The van der Waals surface area contributed by atoms with E-state index in [0.717, 1.165) is 36.0 Å². The molecule has 110 valence electrons. The van der Waals surface area contributed by atoms with Crippen molar-refractivity contribution in [2.45, 2.75) is 50.6 Å². The normalized spacial score (nSPS) is 29.8. The van der Waals surface area contributed by atoms with Crippen molar-refractivity contribution in [2.24, 2.45) is 11.7 Å². The van der Waals surface area contributed by atoms with Crippen molar-refractivity contribution >= 4 is 11.6 Å². The largest absolute Gasteiger partial charge is 0.330 e. The number of nitrogens with zero attached hydrogens (tertiary/aromatic N) is 1. The topological polar surface area (TPSA) is 29.3 Å². The summed E-state index contributed by atoms with van der Waals surface area (Å²) in [5, 5.41) is 0.830. The molecule has 0 spiro atoms. The summed E-state index contributed by atoms with van der Waals surface area (Å²) in [5.74, 6) is 0.879. The highest BCUT2D eigenvalue weighted by atomic mass is 35.5. The highest BCUT2D eigenvalue weighted by Crippen LogP contribution is 2.39. The van der Waals surface area contributed by atoms with Crippen molar-refractivity contribution < 1.29 is 0 Å². The fourth-order valence-electron chi connectivity index (χ4n) is 4.13. The second kappa shape index (κ2) is 6.46. The average molecular weight is 293 g/mol.